The molecule has 1 amide bonds. The number of carbonyl (C=O) groups is 1. The van der Waals surface area contributed by atoms with Crippen LogP contribution in [-0.2, 0) is 42.4 Å². The molecule has 0 radical (unpaired) electrons. The Bertz CT molecular complexity index is 2280. The van der Waals surface area contributed by atoms with Crippen molar-refractivity contribution in [3.8, 4) is 11.8 Å². The maximum atomic E-state index is 12.5. The molecule has 13 nitrogen and oxygen atoms in total. The van der Waals surface area contributed by atoms with Crippen LogP contribution in [0, 0.1) is 0 Å². The second kappa shape index (κ2) is 16.7. The second-order valence-corrected chi connectivity index (χ2v) is 18.8. The Labute approximate surface area is 334 Å². The minimum Gasteiger partial charge on any atom is -0.494 e. The lowest BCUT2D eigenvalue weighted by Crippen LogP contribution is -2.39. The molecule has 1 atom stereocenters. The summed E-state index contributed by atoms with van der Waals surface area (Å²) < 4.78 is 68.7. The standard InChI is InChI=1S/C40H52N4O9S3/c1-7-42-31-19-17-27(55(48,49)50)24-29(31)39(2,3)34(42)14-10-8-11-15-35-40(4,5)30-25-28(56(51,52)53)18-20-32(30)43(35)22-13-9-12-16-36(45)41-21-23-44-37(46)26-33(54-6)38(44)47/h8,10-11,14-15,17-20,24-26,34,46-47H,7,9,12-13,16,21-23H2,1-6H3,(H,41,45)(H,48,49,50)(H,51,52,53). The number of carbonyl (C=O) groups excluding carboxylic acids is 1. The van der Waals surface area contributed by atoms with Crippen molar-refractivity contribution in [1.82, 2.24) is 9.88 Å². The third-order valence-electron chi connectivity index (χ3n) is 10.8. The van der Waals surface area contributed by atoms with Crippen LogP contribution in [0.2, 0.25) is 0 Å². The van der Waals surface area contributed by atoms with Gasteiger partial charge in [-0.2, -0.15) is 16.8 Å². The van der Waals surface area contributed by atoms with Gasteiger partial charge in [-0.3, -0.25) is 18.5 Å². The number of aromatic nitrogens is 1. The van der Waals surface area contributed by atoms with Crippen molar-refractivity contribution in [3.63, 3.8) is 0 Å². The smallest absolute Gasteiger partial charge is 0.294 e. The summed E-state index contributed by atoms with van der Waals surface area (Å²) in [4.78, 5) is 17.1. The molecule has 56 heavy (non-hydrogen) atoms. The van der Waals surface area contributed by atoms with Crippen LogP contribution in [0.15, 0.2) is 93.2 Å². The Morgan fingerprint density at radius 2 is 1.50 bits per heavy atom. The molecule has 0 bridgehead atoms. The number of thioether (sulfide) groups is 1. The summed E-state index contributed by atoms with van der Waals surface area (Å²) in [7, 11) is -8.77. The Hall–Kier alpha value is -4.22. The number of allylic oxidation sites excluding steroid dienone is 5. The Kier molecular flexibility index (Phi) is 12.8. The summed E-state index contributed by atoms with van der Waals surface area (Å²) in [6, 6.07) is 10.7. The first kappa shape index (κ1) is 42.9. The van der Waals surface area contributed by atoms with Crippen molar-refractivity contribution < 1.29 is 40.9 Å². The van der Waals surface area contributed by atoms with Crippen LogP contribution < -0.4 is 15.1 Å². The predicted molar refractivity (Wildman–Crippen MR) is 220 cm³/mol. The highest BCUT2D eigenvalue weighted by molar-refractivity contribution is 7.98. The fourth-order valence-corrected chi connectivity index (χ4v) is 9.32. The third-order valence-corrected chi connectivity index (χ3v) is 13.2. The van der Waals surface area contributed by atoms with E-state index in [1.54, 1.807) is 24.5 Å². The van der Waals surface area contributed by atoms with Crippen molar-refractivity contribution in [1.29, 1.82) is 0 Å². The van der Waals surface area contributed by atoms with Crippen LogP contribution >= 0.6 is 11.8 Å². The first-order valence-corrected chi connectivity index (χ1v) is 22.6. The number of benzene rings is 2. The zero-order valence-electron chi connectivity index (χ0n) is 32.6. The van der Waals surface area contributed by atoms with Gasteiger partial charge in [-0.25, -0.2) is 0 Å². The van der Waals surface area contributed by atoms with Crippen LogP contribution in [0.1, 0.15) is 71.4 Å². The van der Waals surface area contributed by atoms with Crippen LogP contribution in [0.5, 0.6) is 11.8 Å². The van der Waals surface area contributed by atoms with Crippen LogP contribution in [0.3, 0.4) is 0 Å². The van der Waals surface area contributed by atoms with E-state index >= 15 is 0 Å². The van der Waals surface area contributed by atoms with E-state index in [1.165, 1.54) is 40.6 Å². The Morgan fingerprint density at radius 3 is 2.11 bits per heavy atom. The summed E-state index contributed by atoms with van der Waals surface area (Å²) in [5.41, 5.74) is 3.22. The molecule has 1 aromatic heterocycles. The third kappa shape index (κ3) is 8.84. The van der Waals surface area contributed by atoms with E-state index in [0.29, 0.717) is 30.8 Å². The average Bonchev–Trinajstić information content (AvgIpc) is 3.62. The molecule has 0 spiro atoms. The Balaban J connectivity index is 1.26. The molecule has 2 aliphatic heterocycles. The quantitative estimate of drug-likeness (QED) is 0.0442. The molecule has 304 valence electrons. The highest BCUT2D eigenvalue weighted by Crippen LogP contribution is 2.49. The van der Waals surface area contributed by atoms with Crippen molar-refractivity contribution in [2.75, 3.05) is 35.7 Å². The van der Waals surface area contributed by atoms with E-state index in [4.69, 9.17) is 0 Å². The monoisotopic (exact) mass is 828 g/mol. The zero-order valence-corrected chi connectivity index (χ0v) is 35.0. The summed E-state index contributed by atoms with van der Waals surface area (Å²) in [6.45, 7) is 11.9. The summed E-state index contributed by atoms with van der Waals surface area (Å²) in [5.74, 6) is -0.221. The number of hydrogen-bond donors (Lipinski definition) is 5. The molecule has 0 saturated carbocycles. The fourth-order valence-electron chi connectivity index (χ4n) is 7.79. The number of unbranched alkanes of at least 4 members (excludes halogenated alkanes) is 2. The number of amides is 1. The maximum Gasteiger partial charge on any atom is 0.294 e. The number of aromatic hydroxyl groups is 2. The molecular formula is C40H52N4O9S3. The summed E-state index contributed by atoms with van der Waals surface area (Å²) in [5, 5.41) is 23.1. The van der Waals surface area contributed by atoms with E-state index in [9.17, 15) is 40.9 Å². The first-order valence-electron chi connectivity index (χ1n) is 18.5. The van der Waals surface area contributed by atoms with Gasteiger partial charge in [-0.1, -0.05) is 58.4 Å². The number of fused-ring (bicyclic) bond motifs is 2. The highest BCUT2D eigenvalue weighted by atomic mass is 32.2. The lowest BCUT2D eigenvalue weighted by atomic mass is 9.80. The minimum atomic E-state index is -4.42. The van der Waals surface area contributed by atoms with Crippen molar-refractivity contribution in [2.45, 2.75) is 98.4 Å². The highest BCUT2D eigenvalue weighted by Gasteiger charge is 2.43. The lowest BCUT2D eigenvalue weighted by molar-refractivity contribution is -0.121. The molecule has 5 N–H and O–H groups in total. The van der Waals surface area contributed by atoms with Crippen molar-refractivity contribution in [2.24, 2.45) is 0 Å². The number of nitrogens with zero attached hydrogens (tertiary/aromatic N) is 3. The zero-order chi connectivity index (χ0) is 41.2. The Morgan fingerprint density at radius 1 is 0.857 bits per heavy atom. The van der Waals surface area contributed by atoms with Crippen LogP contribution in [0.25, 0.3) is 0 Å². The normalized spacial score (nSPS) is 18.4. The predicted octanol–water partition coefficient (Wildman–Crippen LogP) is 6.77. The number of nitrogens with one attached hydrogen (secondary N) is 1. The van der Waals surface area contributed by atoms with E-state index in [0.717, 1.165) is 41.0 Å². The van der Waals surface area contributed by atoms with E-state index in [1.807, 2.05) is 58.9 Å². The topological polar surface area (TPSA) is 190 Å². The van der Waals surface area contributed by atoms with Gasteiger partial charge in [0, 0.05) is 66.6 Å². The molecule has 3 heterocycles. The summed E-state index contributed by atoms with van der Waals surface area (Å²) >= 11 is 1.32. The van der Waals surface area contributed by atoms with E-state index in [-0.39, 0.29) is 46.6 Å². The van der Waals surface area contributed by atoms with Gasteiger partial charge in [0.2, 0.25) is 11.8 Å². The molecule has 0 aliphatic carbocycles. The minimum absolute atomic E-state index is 0.0329. The van der Waals surface area contributed by atoms with Crippen LogP contribution in [-0.4, -0.2) is 78.6 Å². The molecule has 3 aromatic rings. The molecule has 0 fully saturated rings. The van der Waals surface area contributed by atoms with Crippen molar-refractivity contribution in [3.05, 3.63) is 89.7 Å². The molecule has 2 aromatic carbocycles. The average molecular weight is 829 g/mol. The molecule has 1 unspecified atom stereocenters. The van der Waals surface area contributed by atoms with Gasteiger partial charge in [0.15, 0.2) is 5.88 Å². The van der Waals surface area contributed by atoms with Crippen LogP contribution in [0.4, 0.5) is 11.4 Å². The van der Waals surface area contributed by atoms with Gasteiger partial charge in [0.05, 0.1) is 20.7 Å². The van der Waals surface area contributed by atoms with Gasteiger partial charge < -0.3 is 25.3 Å². The molecular weight excluding hydrogens is 777 g/mol. The van der Waals surface area contributed by atoms with Gasteiger partial charge in [-0.15, -0.1) is 11.8 Å². The van der Waals surface area contributed by atoms with E-state index < -0.39 is 31.1 Å². The molecule has 0 saturated heterocycles. The number of likely N-dealkylation sites (N-methyl/N-ethyl adjacent to an activating group) is 1. The second-order valence-electron chi connectivity index (χ2n) is 15.1. The summed E-state index contributed by atoms with van der Waals surface area (Å²) in [6.07, 6.45) is 14.1. The van der Waals surface area contributed by atoms with Gasteiger partial charge in [-0.05, 0) is 79.6 Å². The molecule has 5 rings (SSSR count). The van der Waals surface area contributed by atoms with Crippen molar-refractivity contribution >= 4 is 49.3 Å². The molecule has 16 heteroatoms. The largest absolute Gasteiger partial charge is 0.494 e. The maximum absolute atomic E-state index is 12.5. The lowest BCUT2D eigenvalue weighted by Gasteiger charge is -2.31. The van der Waals surface area contributed by atoms with Gasteiger partial charge >= 0.3 is 0 Å². The number of hydrogen-bond acceptors (Lipinski definition) is 10. The van der Waals surface area contributed by atoms with Gasteiger partial charge in [0.25, 0.3) is 20.2 Å². The number of anilines is 2. The van der Waals surface area contributed by atoms with Gasteiger partial charge in [0.1, 0.15) is 0 Å². The first-order chi connectivity index (χ1) is 26.2. The fraction of sp³-hybridized carbons (Fsp3) is 0.425. The number of rotatable bonds is 16. The van der Waals surface area contributed by atoms with E-state index in [2.05, 4.69) is 21.2 Å². The molecule has 2 aliphatic rings. The SMILES string of the molecule is CCN1c2ccc(S(=O)(=O)O)cc2C(C)(C)C1C=CC=CC=C1N(CCCCCC(=O)NCCn2c(O)cc(SC)c2O)c2ccc(S(=O)(=O)O)cc2C1(C)C.